The molecule has 1 saturated heterocycles. The van der Waals surface area contributed by atoms with E-state index in [1.807, 2.05) is 6.92 Å². The zero-order chi connectivity index (χ0) is 13.2. The molecule has 5 heteroatoms. The molecule has 0 spiro atoms. The lowest BCUT2D eigenvalue weighted by Gasteiger charge is -2.32. The number of piperazine rings is 1. The van der Waals surface area contributed by atoms with Crippen LogP contribution in [0.3, 0.4) is 0 Å². The van der Waals surface area contributed by atoms with E-state index in [0.717, 1.165) is 26.1 Å². The number of hydrogen-bond acceptors (Lipinski definition) is 5. The Bertz CT molecular complexity index is 228. The second kappa shape index (κ2) is 9.30. The van der Waals surface area contributed by atoms with E-state index in [-0.39, 0.29) is 5.97 Å². The maximum atomic E-state index is 11.1. The van der Waals surface area contributed by atoms with Crippen LogP contribution in [0, 0.1) is 0 Å². The maximum Gasteiger partial charge on any atom is 0.307 e. The average molecular weight is 257 g/mol. The quantitative estimate of drug-likeness (QED) is 0.496. The number of carbonyl (C=O) groups is 1. The number of hydrogen-bond donors (Lipinski definition) is 1. The number of ether oxygens (including phenoxy) is 1. The Morgan fingerprint density at radius 1 is 1.22 bits per heavy atom. The fourth-order valence-electron chi connectivity index (χ4n) is 2.05. The van der Waals surface area contributed by atoms with Gasteiger partial charge in [0.15, 0.2) is 0 Å². The molecule has 0 aliphatic carbocycles. The number of rotatable bonds is 8. The highest BCUT2D eigenvalue weighted by Gasteiger charge is 2.12. The van der Waals surface area contributed by atoms with Crippen molar-refractivity contribution in [1.29, 1.82) is 0 Å². The van der Waals surface area contributed by atoms with E-state index in [1.54, 1.807) is 0 Å². The van der Waals surface area contributed by atoms with Gasteiger partial charge in [0.25, 0.3) is 0 Å². The van der Waals surface area contributed by atoms with Gasteiger partial charge in [0.05, 0.1) is 13.0 Å². The Hall–Kier alpha value is -0.650. The van der Waals surface area contributed by atoms with Crippen molar-refractivity contribution in [1.82, 2.24) is 15.1 Å². The molecule has 0 aromatic rings. The molecule has 0 atom stereocenters. The van der Waals surface area contributed by atoms with Crippen LogP contribution in [0.15, 0.2) is 0 Å². The number of carbonyl (C=O) groups excluding carboxylic acids is 1. The largest absolute Gasteiger partial charge is 0.466 e. The molecule has 1 N–H and O–H groups in total. The van der Waals surface area contributed by atoms with Gasteiger partial charge in [-0.25, -0.2) is 0 Å². The fourth-order valence-corrected chi connectivity index (χ4v) is 2.05. The second-order valence-corrected chi connectivity index (χ2v) is 4.80. The third kappa shape index (κ3) is 6.93. The van der Waals surface area contributed by atoms with Gasteiger partial charge in [0.1, 0.15) is 0 Å². The van der Waals surface area contributed by atoms with Crippen LogP contribution in [0.25, 0.3) is 0 Å². The van der Waals surface area contributed by atoms with Crippen molar-refractivity contribution in [3.05, 3.63) is 0 Å². The van der Waals surface area contributed by atoms with E-state index >= 15 is 0 Å². The molecule has 106 valence electrons. The molecular formula is C13H27N3O2. The van der Waals surface area contributed by atoms with Gasteiger partial charge >= 0.3 is 5.97 Å². The highest BCUT2D eigenvalue weighted by Crippen LogP contribution is 1.99. The first kappa shape index (κ1) is 15.4. The summed E-state index contributed by atoms with van der Waals surface area (Å²) in [5, 5.41) is 3.29. The Morgan fingerprint density at radius 3 is 2.61 bits per heavy atom. The zero-order valence-electron chi connectivity index (χ0n) is 11.8. The van der Waals surface area contributed by atoms with Crippen molar-refractivity contribution >= 4 is 5.97 Å². The van der Waals surface area contributed by atoms with Gasteiger partial charge in [-0.1, -0.05) is 0 Å². The van der Waals surface area contributed by atoms with E-state index in [2.05, 4.69) is 22.2 Å². The molecule has 0 aromatic heterocycles. The summed E-state index contributed by atoms with van der Waals surface area (Å²) in [5.41, 5.74) is 0. The van der Waals surface area contributed by atoms with Crippen molar-refractivity contribution in [2.75, 3.05) is 59.5 Å². The van der Waals surface area contributed by atoms with Crippen molar-refractivity contribution < 1.29 is 9.53 Å². The fraction of sp³-hybridized carbons (Fsp3) is 0.923. The van der Waals surface area contributed by atoms with Crippen LogP contribution in [0.5, 0.6) is 0 Å². The van der Waals surface area contributed by atoms with Crippen LogP contribution in [0.2, 0.25) is 0 Å². The Morgan fingerprint density at radius 2 is 1.94 bits per heavy atom. The van der Waals surface area contributed by atoms with Gasteiger partial charge in [-0.2, -0.15) is 0 Å². The van der Waals surface area contributed by atoms with Crippen LogP contribution in [-0.2, 0) is 9.53 Å². The van der Waals surface area contributed by atoms with Crippen molar-refractivity contribution in [3.63, 3.8) is 0 Å². The molecule has 1 fully saturated rings. The summed E-state index contributed by atoms with van der Waals surface area (Å²) in [6.07, 6.45) is 1.62. The number of nitrogens with zero attached hydrogens (tertiary/aromatic N) is 2. The van der Waals surface area contributed by atoms with E-state index in [4.69, 9.17) is 4.74 Å². The summed E-state index contributed by atoms with van der Waals surface area (Å²) in [6, 6.07) is 0. The first-order valence-corrected chi connectivity index (χ1v) is 6.99. The molecule has 1 rings (SSSR count). The summed E-state index contributed by atoms with van der Waals surface area (Å²) < 4.78 is 4.86. The SMILES string of the molecule is CCOC(=O)CCNCCCN1CCN(C)CC1. The summed E-state index contributed by atoms with van der Waals surface area (Å²) in [4.78, 5) is 16.0. The lowest BCUT2D eigenvalue weighted by atomic mass is 10.3. The number of esters is 1. The molecule has 5 nitrogen and oxygen atoms in total. The molecule has 0 bridgehead atoms. The molecule has 0 saturated carbocycles. The van der Waals surface area contributed by atoms with Crippen molar-refractivity contribution in [2.45, 2.75) is 19.8 Å². The smallest absolute Gasteiger partial charge is 0.307 e. The molecule has 0 amide bonds. The minimum absolute atomic E-state index is 0.107. The number of likely N-dealkylation sites (N-methyl/N-ethyl adjacent to an activating group) is 1. The third-order valence-corrected chi connectivity index (χ3v) is 3.24. The molecule has 1 aliphatic heterocycles. The Balaban J connectivity index is 1.88. The van der Waals surface area contributed by atoms with E-state index in [9.17, 15) is 4.79 Å². The Kier molecular flexibility index (Phi) is 7.96. The van der Waals surface area contributed by atoms with E-state index in [0.29, 0.717) is 13.0 Å². The highest BCUT2D eigenvalue weighted by molar-refractivity contribution is 5.69. The second-order valence-electron chi connectivity index (χ2n) is 4.80. The zero-order valence-corrected chi connectivity index (χ0v) is 11.8. The molecular weight excluding hydrogens is 230 g/mol. The van der Waals surface area contributed by atoms with Gasteiger partial charge in [0.2, 0.25) is 0 Å². The predicted molar refractivity (Wildman–Crippen MR) is 72.7 cm³/mol. The molecule has 0 unspecified atom stereocenters. The normalized spacial score (nSPS) is 17.9. The van der Waals surface area contributed by atoms with Crippen molar-refractivity contribution in [2.24, 2.45) is 0 Å². The van der Waals surface area contributed by atoms with Crippen LogP contribution < -0.4 is 5.32 Å². The standard InChI is InChI=1S/C13H27N3O2/c1-3-18-13(17)5-7-14-6-4-8-16-11-9-15(2)10-12-16/h14H,3-12H2,1-2H3. The minimum atomic E-state index is -0.107. The molecule has 1 aliphatic rings. The van der Waals surface area contributed by atoms with Gasteiger partial charge in [-0.3, -0.25) is 4.79 Å². The lowest BCUT2D eigenvalue weighted by molar-refractivity contribution is -0.142. The topological polar surface area (TPSA) is 44.8 Å². The van der Waals surface area contributed by atoms with Crippen molar-refractivity contribution in [3.8, 4) is 0 Å². The van der Waals surface area contributed by atoms with E-state index < -0.39 is 0 Å². The molecule has 0 aromatic carbocycles. The Labute approximate surface area is 110 Å². The van der Waals surface area contributed by atoms with Crippen LogP contribution >= 0.6 is 0 Å². The number of nitrogens with one attached hydrogen (secondary N) is 1. The maximum absolute atomic E-state index is 11.1. The van der Waals surface area contributed by atoms with E-state index in [1.165, 1.54) is 26.2 Å². The lowest BCUT2D eigenvalue weighted by Crippen LogP contribution is -2.45. The molecule has 18 heavy (non-hydrogen) atoms. The molecule has 1 heterocycles. The molecule has 0 radical (unpaired) electrons. The van der Waals surface area contributed by atoms with Gasteiger partial charge in [-0.05, 0) is 33.5 Å². The average Bonchev–Trinajstić information content (AvgIpc) is 2.36. The van der Waals surface area contributed by atoms with Gasteiger partial charge < -0.3 is 19.9 Å². The van der Waals surface area contributed by atoms with Crippen LogP contribution in [-0.4, -0.2) is 75.2 Å². The predicted octanol–water partition coefficient (Wildman–Crippen LogP) is 0.167. The van der Waals surface area contributed by atoms with Crippen LogP contribution in [0.4, 0.5) is 0 Å². The first-order valence-electron chi connectivity index (χ1n) is 6.99. The third-order valence-electron chi connectivity index (χ3n) is 3.24. The summed E-state index contributed by atoms with van der Waals surface area (Å²) >= 11 is 0. The van der Waals surface area contributed by atoms with Crippen LogP contribution in [0.1, 0.15) is 19.8 Å². The first-order chi connectivity index (χ1) is 8.72. The van der Waals surface area contributed by atoms with Gasteiger partial charge in [-0.15, -0.1) is 0 Å². The summed E-state index contributed by atoms with van der Waals surface area (Å²) in [6.45, 7) is 9.88. The monoisotopic (exact) mass is 257 g/mol. The minimum Gasteiger partial charge on any atom is -0.466 e. The van der Waals surface area contributed by atoms with Gasteiger partial charge in [0, 0.05) is 32.7 Å². The summed E-state index contributed by atoms with van der Waals surface area (Å²) in [7, 11) is 2.17. The highest BCUT2D eigenvalue weighted by atomic mass is 16.5. The summed E-state index contributed by atoms with van der Waals surface area (Å²) in [5.74, 6) is -0.107.